The van der Waals surface area contributed by atoms with Crippen LogP contribution in [0, 0.1) is 6.92 Å². The Bertz CT molecular complexity index is 601. The van der Waals surface area contributed by atoms with Gasteiger partial charge in [-0.15, -0.1) is 12.4 Å². The third-order valence-electron chi connectivity index (χ3n) is 3.94. The number of halogens is 1. The zero-order valence-electron chi connectivity index (χ0n) is 12.8. The summed E-state index contributed by atoms with van der Waals surface area (Å²) < 4.78 is 7.65. The van der Waals surface area contributed by atoms with Crippen molar-refractivity contribution < 1.29 is 4.74 Å². The number of nitrogens with two attached hydrogens (primary N) is 1. The first kappa shape index (κ1) is 17.0. The van der Waals surface area contributed by atoms with Crippen LogP contribution in [-0.2, 0) is 11.3 Å². The van der Waals surface area contributed by atoms with E-state index in [1.54, 1.807) is 0 Å². The lowest BCUT2D eigenvalue weighted by Crippen LogP contribution is -2.45. The van der Waals surface area contributed by atoms with E-state index >= 15 is 0 Å². The van der Waals surface area contributed by atoms with Crippen LogP contribution < -0.4 is 5.73 Å². The maximum Gasteiger partial charge on any atom is 0.0824 e. The lowest BCUT2D eigenvalue weighted by atomic mass is 10.2. The molecule has 1 fully saturated rings. The number of hydrogen-bond acceptors (Lipinski definition) is 4. The molecule has 0 amide bonds. The van der Waals surface area contributed by atoms with Gasteiger partial charge in [0.1, 0.15) is 0 Å². The van der Waals surface area contributed by atoms with Crippen molar-refractivity contribution in [2.75, 3.05) is 26.2 Å². The van der Waals surface area contributed by atoms with Crippen molar-refractivity contribution in [1.29, 1.82) is 0 Å². The van der Waals surface area contributed by atoms with Gasteiger partial charge in [0.05, 0.1) is 24.1 Å². The largest absolute Gasteiger partial charge is 0.374 e. The van der Waals surface area contributed by atoms with Crippen LogP contribution in [0.15, 0.2) is 36.5 Å². The minimum Gasteiger partial charge on any atom is -0.374 e. The van der Waals surface area contributed by atoms with E-state index < -0.39 is 0 Å². The summed E-state index contributed by atoms with van der Waals surface area (Å²) in [6, 6.07) is 10.4. The fourth-order valence-electron chi connectivity index (χ4n) is 2.76. The summed E-state index contributed by atoms with van der Waals surface area (Å²) in [4.78, 5) is 2.38. The van der Waals surface area contributed by atoms with Crippen LogP contribution in [-0.4, -0.2) is 47.0 Å². The highest BCUT2D eigenvalue weighted by molar-refractivity contribution is 5.85. The second-order valence-corrected chi connectivity index (χ2v) is 5.48. The quantitative estimate of drug-likeness (QED) is 0.932. The molecule has 1 aromatic carbocycles. The number of morpholine rings is 1. The number of aromatic nitrogens is 2. The van der Waals surface area contributed by atoms with E-state index in [1.165, 1.54) is 11.3 Å². The number of para-hydroxylation sites is 1. The predicted octanol–water partition coefficient (Wildman–Crippen LogP) is 1.76. The molecule has 2 aromatic rings. The predicted molar refractivity (Wildman–Crippen MR) is 89.6 cm³/mol. The molecule has 22 heavy (non-hydrogen) atoms. The minimum absolute atomic E-state index is 0. The number of nitrogens with zero attached hydrogens (tertiary/aromatic N) is 3. The number of ether oxygens (including phenoxy) is 1. The minimum atomic E-state index is 0. The van der Waals surface area contributed by atoms with Crippen LogP contribution in [0.4, 0.5) is 0 Å². The third kappa shape index (κ3) is 3.67. The van der Waals surface area contributed by atoms with E-state index in [0.717, 1.165) is 31.9 Å². The van der Waals surface area contributed by atoms with Gasteiger partial charge in [-0.3, -0.25) is 4.90 Å². The Kier molecular flexibility index (Phi) is 5.97. The molecular formula is C16H23ClN4O. The summed E-state index contributed by atoms with van der Waals surface area (Å²) in [5, 5.41) is 4.49. The fourth-order valence-corrected chi connectivity index (χ4v) is 2.76. The van der Waals surface area contributed by atoms with Crippen molar-refractivity contribution in [2.45, 2.75) is 19.6 Å². The summed E-state index contributed by atoms with van der Waals surface area (Å²) in [6.07, 6.45) is 2.01. The van der Waals surface area contributed by atoms with Gasteiger partial charge in [-0.2, -0.15) is 5.10 Å². The summed E-state index contributed by atoms with van der Waals surface area (Å²) in [5.41, 5.74) is 9.27. The average molecular weight is 323 g/mol. The van der Waals surface area contributed by atoms with E-state index in [9.17, 15) is 0 Å². The number of benzene rings is 1. The van der Waals surface area contributed by atoms with E-state index in [0.29, 0.717) is 6.54 Å². The molecule has 0 spiro atoms. The molecule has 6 heteroatoms. The fraction of sp³-hybridized carbons (Fsp3) is 0.438. The standard InChI is InChI=1S/C16H22N4O.ClH/c1-13-4-2-3-5-16(13)20-14(6-7-18-20)11-19-8-9-21-15(10-17)12-19;/h2-7,15H,8-12,17H2,1H3;1H. The molecule has 1 saturated heterocycles. The second kappa shape index (κ2) is 7.74. The third-order valence-corrected chi connectivity index (χ3v) is 3.94. The van der Waals surface area contributed by atoms with Gasteiger partial charge in [0.15, 0.2) is 0 Å². The van der Waals surface area contributed by atoms with Gasteiger partial charge in [0, 0.05) is 32.4 Å². The van der Waals surface area contributed by atoms with Gasteiger partial charge >= 0.3 is 0 Å². The highest BCUT2D eigenvalue weighted by Crippen LogP contribution is 2.17. The first-order chi connectivity index (χ1) is 10.3. The monoisotopic (exact) mass is 322 g/mol. The summed E-state index contributed by atoms with van der Waals surface area (Å²) in [5.74, 6) is 0. The van der Waals surface area contributed by atoms with Crippen LogP contribution in [0.5, 0.6) is 0 Å². The van der Waals surface area contributed by atoms with Gasteiger partial charge in [0.25, 0.3) is 0 Å². The molecule has 1 aromatic heterocycles. The van der Waals surface area contributed by atoms with Crippen LogP contribution in [0.1, 0.15) is 11.3 Å². The number of rotatable bonds is 4. The molecule has 2 heterocycles. The Morgan fingerprint density at radius 3 is 2.91 bits per heavy atom. The molecule has 1 atom stereocenters. The lowest BCUT2D eigenvalue weighted by molar-refractivity contribution is -0.0266. The smallest absolute Gasteiger partial charge is 0.0824 e. The normalized spacial score (nSPS) is 18.9. The zero-order chi connectivity index (χ0) is 14.7. The number of hydrogen-bond donors (Lipinski definition) is 1. The summed E-state index contributed by atoms with van der Waals surface area (Å²) in [7, 11) is 0. The van der Waals surface area contributed by atoms with Crippen molar-refractivity contribution in [2.24, 2.45) is 5.73 Å². The molecule has 1 aliphatic heterocycles. The summed E-state index contributed by atoms with van der Waals surface area (Å²) >= 11 is 0. The first-order valence-corrected chi connectivity index (χ1v) is 7.41. The van der Waals surface area contributed by atoms with Crippen LogP contribution in [0.3, 0.4) is 0 Å². The van der Waals surface area contributed by atoms with Crippen molar-refractivity contribution in [3.63, 3.8) is 0 Å². The van der Waals surface area contributed by atoms with E-state index in [-0.39, 0.29) is 18.5 Å². The van der Waals surface area contributed by atoms with Crippen LogP contribution in [0.2, 0.25) is 0 Å². The second-order valence-electron chi connectivity index (χ2n) is 5.48. The molecule has 120 valence electrons. The Morgan fingerprint density at radius 2 is 2.14 bits per heavy atom. The van der Waals surface area contributed by atoms with Crippen molar-refractivity contribution >= 4 is 12.4 Å². The highest BCUT2D eigenvalue weighted by Gasteiger charge is 2.20. The van der Waals surface area contributed by atoms with Crippen LogP contribution in [0.25, 0.3) is 5.69 Å². The molecular weight excluding hydrogens is 300 g/mol. The molecule has 1 aliphatic rings. The van der Waals surface area contributed by atoms with E-state index in [1.807, 2.05) is 16.9 Å². The molecule has 1 unspecified atom stereocenters. The molecule has 2 N–H and O–H groups in total. The zero-order valence-corrected chi connectivity index (χ0v) is 13.6. The summed E-state index contributed by atoms with van der Waals surface area (Å²) in [6.45, 7) is 6.13. The molecule has 0 bridgehead atoms. The Balaban J connectivity index is 0.00000176. The van der Waals surface area contributed by atoms with Crippen LogP contribution >= 0.6 is 12.4 Å². The van der Waals surface area contributed by atoms with Gasteiger partial charge < -0.3 is 10.5 Å². The van der Waals surface area contributed by atoms with Gasteiger partial charge in [-0.05, 0) is 24.6 Å². The Labute approximate surface area is 137 Å². The Hall–Kier alpha value is -1.40. The average Bonchev–Trinajstić information content (AvgIpc) is 2.96. The van der Waals surface area contributed by atoms with Gasteiger partial charge in [-0.25, -0.2) is 4.68 Å². The van der Waals surface area contributed by atoms with Crippen molar-refractivity contribution in [1.82, 2.24) is 14.7 Å². The molecule has 0 saturated carbocycles. The lowest BCUT2D eigenvalue weighted by Gasteiger charge is -2.32. The highest BCUT2D eigenvalue weighted by atomic mass is 35.5. The molecule has 3 rings (SSSR count). The van der Waals surface area contributed by atoms with Crippen molar-refractivity contribution in [3.05, 3.63) is 47.8 Å². The van der Waals surface area contributed by atoms with E-state index in [2.05, 4.69) is 41.2 Å². The van der Waals surface area contributed by atoms with Gasteiger partial charge in [0.2, 0.25) is 0 Å². The number of aryl methyl sites for hydroxylation is 1. The maximum atomic E-state index is 5.71. The molecule has 0 radical (unpaired) electrons. The van der Waals surface area contributed by atoms with Gasteiger partial charge in [-0.1, -0.05) is 18.2 Å². The maximum absolute atomic E-state index is 5.71. The SMILES string of the molecule is Cc1ccccc1-n1nccc1CN1CCOC(CN)C1.Cl. The topological polar surface area (TPSA) is 56.3 Å². The van der Waals surface area contributed by atoms with Crippen molar-refractivity contribution in [3.8, 4) is 5.69 Å². The van der Waals surface area contributed by atoms with E-state index in [4.69, 9.17) is 10.5 Å². The first-order valence-electron chi connectivity index (χ1n) is 7.41. The Morgan fingerprint density at radius 1 is 1.32 bits per heavy atom. The molecule has 5 nitrogen and oxygen atoms in total. The molecule has 0 aliphatic carbocycles.